The third kappa shape index (κ3) is 4.16. The number of amides is 1. The molecule has 0 aromatic heterocycles. The van der Waals surface area contributed by atoms with Crippen LogP contribution in [0.3, 0.4) is 0 Å². The highest BCUT2D eigenvalue weighted by molar-refractivity contribution is 5.83. The van der Waals surface area contributed by atoms with Crippen molar-refractivity contribution < 1.29 is 19.1 Å². The molecule has 0 aliphatic rings. The summed E-state index contributed by atoms with van der Waals surface area (Å²) in [7, 11) is 0. The first-order chi connectivity index (χ1) is 8.40. The fraction of sp³-hybridized carbons (Fsp3) is 0.385. The SMILES string of the molecule is C[C@H](CC(=O)O)NC(=O)[C@H](C)c1cccc(F)c1. The first-order valence-electron chi connectivity index (χ1n) is 5.67. The van der Waals surface area contributed by atoms with E-state index in [4.69, 9.17) is 5.11 Å². The van der Waals surface area contributed by atoms with E-state index in [1.807, 2.05) is 0 Å². The molecule has 0 aliphatic carbocycles. The van der Waals surface area contributed by atoms with Crippen molar-refractivity contribution in [3.05, 3.63) is 35.6 Å². The first-order valence-corrected chi connectivity index (χ1v) is 5.67. The Morgan fingerprint density at radius 2 is 2.06 bits per heavy atom. The Hall–Kier alpha value is -1.91. The number of halogens is 1. The zero-order valence-electron chi connectivity index (χ0n) is 10.3. The number of hydrogen-bond acceptors (Lipinski definition) is 2. The highest BCUT2D eigenvalue weighted by Crippen LogP contribution is 2.16. The molecule has 0 spiro atoms. The van der Waals surface area contributed by atoms with E-state index < -0.39 is 23.7 Å². The normalized spacial score (nSPS) is 13.7. The van der Waals surface area contributed by atoms with Gasteiger partial charge in [-0.1, -0.05) is 12.1 Å². The van der Waals surface area contributed by atoms with Crippen LogP contribution in [0.2, 0.25) is 0 Å². The molecule has 2 N–H and O–H groups in total. The van der Waals surface area contributed by atoms with E-state index in [9.17, 15) is 14.0 Å². The van der Waals surface area contributed by atoms with Crippen molar-refractivity contribution in [2.45, 2.75) is 32.2 Å². The van der Waals surface area contributed by atoms with Gasteiger partial charge in [0.15, 0.2) is 0 Å². The molecule has 0 bridgehead atoms. The maximum atomic E-state index is 13.0. The van der Waals surface area contributed by atoms with Gasteiger partial charge in [0.2, 0.25) is 5.91 Å². The fourth-order valence-electron chi connectivity index (χ4n) is 1.61. The number of aliphatic carboxylic acids is 1. The van der Waals surface area contributed by atoms with Crippen LogP contribution in [0.15, 0.2) is 24.3 Å². The highest BCUT2D eigenvalue weighted by Gasteiger charge is 2.18. The molecule has 0 fully saturated rings. The van der Waals surface area contributed by atoms with E-state index in [1.165, 1.54) is 18.2 Å². The molecule has 0 unspecified atom stereocenters. The predicted octanol–water partition coefficient (Wildman–Crippen LogP) is 1.91. The molecule has 2 atom stereocenters. The fourth-order valence-corrected chi connectivity index (χ4v) is 1.61. The van der Waals surface area contributed by atoms with Crippen molar-refractivity contribution in [1.29, 1.82) is 0 Å². The van der Waals surface area contributed by atoms with Crippen LogP contribution in [0.5, 0.6) is 0 Å². The summed E-state index contributed by atoms with van der Waals surface area (Å²) in [6.07, 6.45) is -0.137. The Morgan fingerprint density at radius 1 is 1.39 bits per heavy atom. The van der Waals surface area contributed by atoms with Gasteiger partial charge in [0.1, 0.15) is 5.82 Å². The number of carbonyl (C=O) groups excluding carboxylic acids is 1. The lowest BCUT2D eigenvalue weighted by atomic mass is 10.00. The minimum atomic E-state index is -0.971. The summed E-state index contributed by atoms with van der Waals surface area (Å²) in [6, 6.07) is 5.35. The Labute approximate surface area is 105 Å². The van der Waals surface area contributed by atoms with E-state index in [-0.39, 0.29) is 12.3 Å². The summed E-state index contributed by atoms with van der Waals surface area (Å²) in [4.78, 5) is 22.3. The second kappa shape index (κ2) is 6.14. The Balaban J connectivity index is 2.64. The predicted molar refractivity (Wildman–Crippen MR) is 64.7 cm³/mol. The smallest absolute Gasteiger partial charge is 0.305 e. The highest BCUT2D eigenvalue weighted by atomic mass is 19.1. The zero-order chi connectivity index (χ0) is 13.7. The molecule has 0 saturated carbocycles. The van der Waals surface area contributed by atoms with Crippen LogP contribution in [0, 0.1) is 5.82 Å². The van der Waals surface area contributed by atoms with Crippen molar-refractivity contribution in [2.24, 2.45) is 0 Å². The summed E-state index contributed by atoms with van der Waals surface area (Å²) in [6.45, 7) is 3.27. The van der Waals surface area contributed by atoms with E-state index in [1.54, 1.807) is 19.9 Å². The molecule has 5 heteroatoms. The lowest BCUT2D eigenvalue weighted by molar-refractivity contribution is -0.137. The monoisotopic (exact) mass is 253 g/mol. The largest absolute Gasteiger partial charge is 0.481 e. The summed E-state index contributed by atoms with van der Waals surface area (Å²) in [5, 5.41) is 11.2. The number of rotatable bonds is 5. The summed E-state index contributed by atoms with van der Waals surface area (Å²) in [5.41, 5.74) is 0.565. The second-order valence-electron chi connectivity index (χ2n) is 4.28. The number of nitrogens with one attached hydrogen (secondary N) is 1. The van der Waals surface area contributed by atoms with Crippen LogP contribution in [-0.4, -0.2) is 23.0 Å². The van der Waals surface area contributed by atoms with Crippen LogP contribution in [0.4, 0.5) is 4.39 Å². The lowest BCUT2D eigenvalue weighted by Crippen LogP contribution is -2.36. The van der Waals surface area contributed by atoms with Gasteiger partial charge in [-0.2, -0.15) is 0 Å². The summed E-state index contributed by atoms with van der Waals surface area (Å²) in [5.74, 6) is -2.20. The van der Waals surface area contributed by atoms with Crippen LogP contribution < -0.4 is 5.32 Å². The van der Waals surface area contributed by atoms with E-state index >= 15 is 0 Å². The maximum absolute atomic E-state index is 13.0. The molecule has 0 radical (unpaired) electrons. The van der Waals surface area contributed by atoms with Crippen LogP contribution >= 0.6 is 0 Å². The summed E-state index contributed by atoms with van der Waals surface area (Å²) >= 11 is 0. The van der Waals surface area contributed by atoms with Gasteiger partial charge in [-0.3, -0.25) is 9.59 Å². The molecule has 18 heavy (non-hydrogen) atoms. The molecular formula is C13H16FNO3. The maximum Gasteiger partial charge on any atom is 0.305 e. The number of carboxylic acids is 1. The summed E-state index contributed by atoms with van der Waals surface area (Å²) < 4.78 is 13.0. The molecule has 0 heterocycles. The van der Waals surface area contributed by atoms with E-state index in [0.29, 0.717) is 5.56 Å². The number of carbonyl (C=O) groups is 2. The van der Waals surface area contributed by atoms with Crippen molar-refractivity contribution >= 4 is 11.9 Å². The third-order valence-corrected chi connectivity index (χ3v) is 2.61. The van der Waals surface area contributed by atoms with Gasteiger partial charge in [0.25, 0.3) is 0 Å². The minimum absolute atomic E-state index is 0.137. The molecule has 1 amide bonds. The van der Waals surface area contributed by atoms with Gasteiger partial charge in [-0.05, 0) is 31.5 Å². The minimum Gasteiger partial charge on any atom is -0.481 e. The molecular weight excluding hydrogens is 237 g/mol. The van der Waals surface area contributed by atoms with Gasteiger partial charge in [0, 0.05) is 6.04 Å². The number of benzene rings is 1. The average Bonchev–Trinajstić information content (AvgIpc) is 2.26. The molecule has 98 valence electrons. The Morgan fingerprint density at radius 3 is 2.61 bits per heavy atom. The Kier molecular flexibility index (Phi) is 4.83. The van der Waals surface area contributed by atoms with Crippen LogP contribution in [0.1, 0.15) is 31.7 Å². The van der Waals surface area contributed by atoms with Crippen molar-refractivity contribution in [3.63, 3.8) is 0 Å². The van der Waals surface area contributed by atoms with E-state index in [0.717, 1.165) is 0 Å². The second-order valence-corrected chi connectivity index (χ2v) is 4.28. The first kappa shape index (κ1) is 14.2. The van der Waals surface area contributed by atoms with Gasteiger partial charge in [0.05, 0.1) is 12.3 Å². The van der Waals surface area contributed by atoms with Gasteiger partial charge >= 0.3 is 5.97 Å². The van der Waals surface area contributed by atoms with Crippen molar-refractivity contribution in [3.8, 4) is 0 Å². The van der Waals surface area contributed by atoms with E-state index in [2.05, 4.69) is 5.32 Å². The average molecular weight is 253 g/mol. The standard InChI is InChI=1S/C13H16FNO3/c1-8(6-12(16)17)15-13(18)9(2)10-4-3-5-11(14)7-10/h3-5,7-9H,6H2,1-2H3,(H,15,18)(H,16,17)/t8-,9-/m1/s1. The number of hydrogen-bond donors (Lipinski definition) is 2. The molecule has 1 aromatic rings. The van der Waals surface area contributed by atoms with Crippen LogP contribution in [-0.2, 0) is 9.59 Å². The third-order valence-electron chi connectivity index (χ3n) is 2.61. The van der Waals surface area contributed by atoms with Gasteiger partial charge < -0.3 is 10.4 Å². The topological polar surface area (TPSA) is 66.4 Å². The van der Waals surface area contributed by atoms with Gasteiger partial charge in [-0.15, -0.1) is 0 Å². The van der Waals surface area contributed by atoms with Crippen molar-refractivity contribution in [1.82, 2.24) is 5.32 Å². The van der Waals surface area contributed by atoms with Crippen molar-refractivity contribution in [2.75, 3.05) is 0 Å². The lowest BCUT2D eigenvalue weighted by Gasteiger charge is -2.16. The Bertz CT molecular complexity index is 448. The van der Waals surface area contributed by atoms with Gasteiger partial charge in [-0.25, -0.2) is 4.39 Å². The molecule has 1 aromatic carbocycles. The molecule has 0 saturated heterocycles. The quantitative estimate of drug-likeness (QED) is 0.842. The molecule has 1 rings (SSSR count). The number of carboxylic acid groups (broad SMARTS) is 1. The van der Waals surface area contributed by atoms with Crippen LogP contribution in [0.25, 0.3) is 0 Å². The zero-order valence-corrected chi connectivity index (χ0v) is 10.3. The molecule has 4 nitrogen and oxygen atoms in total. The molecule has 0 aliphatic heterocycles.